The summed E-state index contributed by atoms with van der Waals surface area (Å²) in [7, 11) is 4.33. The molecule has 1 aromatic rings. The molecule has 0 amide bonds. The molecule has 0 saturated carbocycles. The van der Waals surface area contributed by atoms with Crippen molar-refractivity contribution in [1.82, 2.24) is 4.90 Å². The predicted octanol–water partition coefficient (Wildman–Crippen LogP) is 3.05. The Hall–Kier alpha value is -1.08. The van der Waals surface area contributed by atoms with Crippen LogP contribution in [-0.4, -0.2) is 25.0 Å². The minimum Gasteiger partial charge on any atom is -0.302 e. The van der Waals surface area contributed by atoms with E-state index < -0.39 is 0 Å². The molecule has 0 aromatic heterocycles. The monoisotopic (exact) mass is 201 g/mol. The molecule has 0 radical (unpaired) electrons. The third-order valence-corrected chi connectivity index (χ3v) is 3.21. The average molecular weight is 201 g/mol. The highest BCUT2D eigenvalue weighted by Gasteiger charge is 2.24. The van der Waals surface area contributed by atoms with Gasteiger partial charge in [-0.2, -0.15) is 0 Å². The molecule has 0 spiro atoms. The van der Waals surface area contributed by atoms with Gasteiger partial charge in [-0.25, -0.2) is 0 Å². The highest BCUT2D eigenvalue weighted by Crippen LogP contribution is 2.31. The summed E-state index contributed by atoms with van der Waals surface area (Å²) in [6.07, 6.45) is 7.14. The largest absolute Gasteiger partial charge is 0.302 e. The van der Waals surface area contributed by atoms with Crippen LogP contribution in [0.3, 0.4) is 0 Å². The Morgan fingerprint density at radius 2 is 1.87 bits per heavy atom. The molecule has 1 aliphatic rings. The Morgan fingerprint density at radius 3 is 2.53 bits per heavy atom. The van der Waals surface area contributed by atoms with Crippen LogP contribution in [0.5, 0.6) is 0 Å². The van der Waals surface area contributed by atoms with Gasteiger partial charge in [0, 0.05) is 12.0 Å². The number of allylic oxidation sites excluding steroid dienone is 1. The third kappa shape index (κ3) is 2.29. The molecule has 2 rings (SSSR count). The summed E-state index contributed by atoms with van der Waals surface area (Å²) in [5.74, 6) is 0.659. The quantitative estimate of drug-likeness (QED) is 0.665. The first kappa shape index (κ1) is 10.4. The maximum atomic E-state index is 2.35. The van der Waals surface area contributed by atoms with Crippen molar-refractivity contribution in [2.75, 3.05) is 14.1 Å². The maximum absolute atomic E-state index is 2.35. The predicted molar refractivity (Wildman–Crippen MR) is 65.0 cm³/mol. The van der Waals surface area contributed by atoms with E-state index in [1.807, 2.05) is 0 Å². The van der Waals surface area contributed by atoms with Gasteiger partial charge < -0.3 is 4.90 Å². The van der Waals surface area contributed by atoms with E-state index in [0.717, 1.165) is 0 Å². The van der Waals surface area contributed by atoms with Gasteiger partial charge in [-0.05, 0) is 32.5 Å². The maximum Gasteiger partial charge on any atom is 0.0340 e. The molecular weight excluding hydrogens is 182 g/mol. The van der Waals surface area contributed by atoms with E-state index >= 15 is 0 Å². The van der Waals surface area contributed by atoms with E-state index in [-0.39, 0.29) is 0 Å². The summed E-state index contributed by atoms with van der Waals surface area (Å²) in [5, 5.41) is 0. The zero-order valence-electron chi connectivity index (χ0n) is 9.56. The van der Waals surface area contributed by atoms with E-state index in [0.29, 0.717) is 12.0 Å². The van der Waals surface area contributed by atoms with Gasteiger partial charge in [0.2, 0.25) is 0 Å². The van der Waals surface area contributed by atoms with Crippen LogP contribution in [0.4, 0.5) is 0 Å². The fraction of sp³-hybridized carbons (Fsp3) is 0.429. The van der Waals surface area contributed by atoms with Crippen molar-refractivity contribution in [3.8, 4) is 0 Å². The SMILES string of the molecule is CN(C)[C@@H]1C=CCCC1c1ccccc1. The molecule has 0 heterocycles. The van der Waals surface area contributed by atoms with Gasteiger partial charge in [-0.3, -0.25) is 0 Å². The van der Waals surface area contributed by atoms with Crippen LogP contribution in [0.25, 0.3) is 0 Å². The van der Waals surface area contributed by atoms with Gasteiger partial charge >= 0.3 is 0 Å². The van der Waals surface area contributed by atoms with Gasteiger partial charge in [0.1, 0.15) is 0 Å². The first-order valence-corrected chi connectivity index (χ1v) is 5.67. The molecule has 0 saturated heterocycles. The van der Waals surface area contributed by atoms with E-state index in [2.05, 4.69) is 61.5 Å². The lowest BCUT2D eigenvalue weighted by atomic mass is 9.83. The van der Waals surface area contributed by atoms with Gasteiger partial charge in [-0.1, -0.05) is 42.5 Å². The molecule has 1 nitrogen and oxygen atoms in total. The van der Waals surface area contributed by atoms with E-state index in [1.54, 1.807) is 0 Å². The summed E-state index contributed by atoms with van der Waals surface area (Å²) in [6, 6.07) is 11.4. The topological polar surface area (TPSA) is 3.24 Å². The van der Waals surface area contributed by atoms with Crippen LogP contribution >= 0.6 is 0 Å². The fourth-order valence-electron chi connectivity index (χ4n) is 2.41. The summed E-state index contributed by atoms with van der Waals surface area (Å²) in [5.41, 5.74) is 1.47. The first-order chi connectivity index (χ1) is 7.29. The lowest BCUT2D eigenvalue weighted by Crippen LogP contribution is -2.33. The summed E-state index contributed by atoms with van der Waals surface area (Å²) in [4.78, 5) is 2.31. The Labute approximate surface area is 92.4 Å². The summed E-state index contributed by atoms with van der Waals surface area (Å²) >= 11 is 0. The Kier molecular flexibility index (Phi) is 3.22. The molecule has 0 bridgehead atoms. The van der Waals surface area contributed by atoms with E-state index in [1.165, 1.54) is 18.4 Å². The second-order valence-corrected chi connectivity index (χ2v) is 4.48. The average Bonchev–Trinajstić information content (AvgIpc) is 2.30. The highest BCUT2D eigenvalue weighted by atomic mass is 15.1. The minimum atomic E-state index is 0.557. The van der Waals surface area contributed by atoms with Crippen LogP contribution in [-0.2, 0) is 0 Å². The molecule has 0 aliphatic heterocycles. The van der Waals surface area contributed by atoms with Crippen LogP contribution in [0.15, 0.2) is 42.5 Å². The fourth-order valence-corrected chi connectivity index (χ4v) is 2.41. The molecule has 1 unspecified atom stereocenters. The number of hydrogen-bond acceptors (Lipinski definition) is 1. The van der Waals surface area contributed by atoms with E-state index in [9.17, 15) is 0 Å². The van der Waals surface area contributed by atoms with Gasteiger partial charge in [-0.15, -0.1) is 0 Å². The minimum absolute atomic E-state index is 0.557. The number of likely N-dealkylation sites (N-methyl/N-ethyl adjacent to an activating group) is 1. The molecule has 2 atom stereocenters. The van der Waals surface area contributed by atoms with Crippen molar-refractivity contribution in [3.05, 3.63) is 48.0 Å². The number of nitrogens with zero attached hydrogens (tertiary/aromatic N) is 1. The molecular formula is C14H19N. The van der Waals surface area contributed by atoms with Gasteiger partial charge in [0.05, 0.1) is 0 Å². The Bertz CT molecular complexity index is 326. The van der Waals surface area contributed by atoms with Crippen LogP contribution < -0.4 is 0 Å². The van der Waals surface area contributed by atoms with E-state index in [4.69, 9.17) is 0 Å². The Balaban J connectivity index is 2.24. The second kappa shape index (κ2) is 4.63. The number of benzene rings is 1. The number of hydrogen-bond donors (Lipinski definition) is 0. The smallest absolute Gasteiger partial charge is 0.0340 e. The van der Waals surface area contributed by atoms with Crippen molar-refractivity contribution in [2.24, 2.45) is 0 Å². The molecule has 1 aliphatic carbocycles. The van der Waals surface area contributed by atoms with Crippen molar-refractivity contribution in [3.63, 3.8) is 0 Å². The Morgan fingerprint density at radius 1 is 1.13 bits per heavy atom. The molecule has 1 heteroatoms. The standard InChI is InChI=1S/C14H19N/c1-15(2)14-11-7-6-10-13(14)12-8-4-3-5-9-12/h3-5,7-9,11,13-14H,6,10H2,1-2H3/t13?,14-/m1/s1. The van der Waals surface area contributed by atoms with Crippen molar-refractivity contribution >= 4 is 0 Å². The lowest BCUT2D eigenvalue weighted by Gasteiger charge is -2.33. The van der Waals surface area contributed by atoms with Crippen molar-refractivity contribution in [1.29, 1.82) is 0 Å². The molecule has 15 heavy (non-hydrogen) atoms. The second-order valence-electron chi connectivity index (χ2n) is 4.48. The molecule has 1 aromatic carbocycles. The van der Waals surface area contributed by atoms with Crippen LogP contribution in [0, 0.1) is 0 Å². The van der Waals surface area contributed by atoms with Gasteiger partial charge in [0.15, 0.2) is 0 Å². The highest BCUT2D eigenvalue weighted by molar-refractivity contribution is 5.25. The zero-order chi connectivity index (χ0) is 10.7. The van der Waals surface area contributed by atoms with Crippen LogP contribution in [0.2, 0.25) is 0 Å². The van der Waals surface area contributed by atoms with Crippen LogP contribution in [0.1, 0.15) is 24.3 Å². The normalized spacial score (nSPS) is 25.8. The zero-order valence-corrected chi connectivity index (χ0v) is 9.56. The number of rotatable bonds is 2. The van der Waals surface area contributed by atoms with Gasteiger partial charge in [0.25, 0.3) is 0 Å². The first-order valence-electron chi connectivity index (χ1n) is 5.67. The van der Waals surface area contributed by atoms with Crippen molar-refractivity contribution in [2.45, 2.75) is 24.8 Å². The molecule has 80 valence electrons. The summed E-state index contributed by atoms with van der Waals surface area (Å²) < 4.78 is 0. The lowest BCUT2D eigenvalue weighted by molar-refractivity contribution is 0.285. The summed E-state index contributed by atoms with van der Waals surface area (Å²) in [6.45, 7) is 0. The molecule has 0 fully saturated rings. The third-order valence-electron chi connectivity index (χ3n) is 3.21. The molecule has 0 N–H and O–H groups in total. The van der Waals surface area contributed by atoms with Crippen molar-refractivity contribution < 1.29 is 0 Å².